The highest BCUT2D eigenvalue weighted by molar-refractivity contribution is 8.02. The average molecular weight is 582 g/mol. The molecule has 1 spiro atoms. The molecule has 41 heavy (non-hydrogen) atoms. The number of carbonyl (C=O) groups is 3. The van der Waals surface area contributed by atoms with Gasteiger partial charge in [-0.15, -0.1) is 24.9 Å². The smallest absolute Gasteiger partial charge is 0.247 e. The molecule has 3 saturated heterocycles. The molecule has 7 nitrogen and oxygen atoms in total. The molecule has 5 atom stereocenters. The van der Waals surface area contributed by atoms with Gasteiger partial charge in [0.05, 0.1) is 23.2 Å². The minimum Gasteiger partial charge on any atom is -0.395 e. The Kier molecular flexibility index (Phi) is 9.15. The first-order chi connectivity index (χ1) is 19.3. The second-order valence-electron chi connectivity index (χ2n) is 13.6. The number of nitrogens with zero attached hydrogens (tertiary/aromatic N) is 3. The van der Waals surface area contributed by atoms with E-state index in [1.807, 2.05) is 35.2 Å². The molecule has 0 aliphatic carbocycles. The van der Waals surface area contributed by atoms with E-state index in [1.165, 1.54) is 0 Å². The van der Waals surface area contributed by atoms with Crippen LogP contribution in [0, 0.1) is 17.3 Å². The molecule has 3 heterocycles. The van der Waals surface area contributed by atoms with Crippen LogP contribution < -0.4 is 0 Å². The summed E-state index contributed by atoms with van der Waals surface area (Å²) in [4.78, 5) is 48.4. The first kappa shape index (κ1) is 31.4. The summed E-state index contributed by atoms with van der Waals surface area (Å²) in [5, 5.41) is 9.97. The van der Waals surface area contributed by atoms with Gasteiger partial charge >= 0.3 is 0 Å². The number of thioether (sulfide) groups is 1. The minimum atomic E-state index is -0.735. The molecule has 2 bridgehead atoms. The summed E-state index contributed by atoms with van der Waals surface area (Å²) in [5.74, 6) is -1.47. The van der Waals surface area contributed by atoms with Crippen molar-refractivity contribution in [2.24, 2.45) is 17.3 Å². The number of aliphatic hydroxyl groups excluding tert-OH is 1. The molecule has 3 amide bonds. The Bertz CT molecular complexity index is 1160. The summed E-state index contributed by atoms with van der Waals surface area (Å²) in [6, 6.07) is 9.10. The monoisotopic (exact) mass is 581 g/mol. The van der Waals surface area contributed by atoms with E-state index in [0.29, 0.717) is 26.1 Å². The zero-order chi connectivity index (χ0) is 30.2. The quantitative estimate of drug-likeness (QED) is 0.368. The zero-order valence-corrected chi connectivity index (χ0v) is 26.2. The Morgan fingerprint density at radius 2 is 1.76 bits per heavy atom. The molecular weight excluding hydrogens is 534 g/mol. The molecule has 1 N–H and O–H groups in total. The number of aliphatic hydroxyl groups is 1. The molecule has 0 saturated carbocycles. The number of amides is 3. The van der Waals surface area contributed by atoms with Gasteiger partial charge in [-0.2, -0.15) is 0 Å². The maximum Gasteiger partial charge on any atom is 0.247 e. The van der Waals surface area contributed by atoms with Crippen LogP contribution in [0.2, 0.25) is 0 Å². The van der Waals surface area contributed by atoms with Gasteiger partial charge in [-0.05, 0) is 44.1 Å². The summed E-state index contributed by atoms with van der Waals surface area (Å²) in [7, 11) is 0. The van der Waals surface area contributed by atoms with Gasteiger partial charge in [0, 0.05) is 37.0 Å². The fourth-order valence-corrected chi connectivity index (χ4v) is 9.98. The first-order valence-electron chi connectivity index (χ1n) is 14.8. The fourth-order valence-electron chi connectivity index (χ4n) is 7.77. The molecule has 3 fully saturated rings. The van der Waals surface area contributed by atoms with E-state index in [1.54, 1.807) is 33.7 Å². The van der Waals surface area contributed by atoms with Crippen LogP contribution in [-0.2, 0) is 20.9 Å². The number of benzene rings is 1. The molecule has 0 radical (unpaired) electrons. The highest BCUT2D eigenvalue weighted by atomic mass is 32.2. The van der Waals surface area contributed by atoms with Crippen LogP contribution in [0.5, 0.6) is 0 Å². The van der Waals surface area contributed by atoms with E-state index in [4.69, 9.17) is 0 Å². The van der Waals surface area contributed by atoms with Gasteiger partial charge in [-0.1, -0.05) is 63.3 Å². The van der Waals surface area contributed by atoms with Crippen molar-refractivity contribution >= 4 is 29.5 Å². The largest absolute Gasteiger partial charge is 0.395 e. The molecule has 4 rings (SSSR count). The highest BCUT2D eigenvalue weighted by Crippen LogP contribution is 2.66. The maximum atomic E-state index is 14.7. The first-order valence-corrected chi connectivity index (χ1v) is 15.6. The lowest BCUT2D eigenvalue weighted by Gasteiger charge is -2.46. The summed E-state index contributed by atoms with van der Waals surface area (Å²) in [6.07, 6.45) is 5.71. The summed E-state index contributed by atoms with van der Waals surface area (Å²) in [5.41, 5.74) is 0.507. The number of carbonyl (C=O) groups excluding carboxylic acids is 3. The van der Waals surface area contributed by atoms with Crippen molar-refractivity contribution in [3.8, 4) is 0 Å². The second-order valence-corrected chi connectivity index (χ2v) is 15.2. The lowest BCUT2D eigenvalue weighted by atomic mass is 9.70. The Morgan fingerprint density at radius 1 is 1.10 bits per heavy atom. The van der Waals surface area contributed by atoms with Gasteiger partial charge in [0.1, 0.15) is 6.04 Å². The Morgan fingerprint density at radius 3 is 2.34 bits per heavy atom. The standard InChI is InChI=1S/C33H47N3O4S/c1-8-17-34(21-23-13-11-10-12-14-23)28(38)25-24-15-16-33(41-24)26(25)29(39)35(19-20-37)27(33)30(40)36(18-9-2)32(6,7)22-31(3,4)5/h8-14,24-27,37H,1-2,15-22H2,3-7H3/t24-,25+,26-,27?,33?/m0/s1. The summed E-state index contributed by atoms with van der Waals surface area (Å²) >= 11 is 1.67. The Hall–Kier alpha value is -2.58. The number of hydrogen-bond donors (Lipinski definition) is 1. The molecule has 3 aliphatic rings. The van der Waals surface area contributed by atoms with Gasteiger partial charge in [-0.25, -0.2) is 0 Å². The molecule has 1 aromatic carbocycles. The van der Waals surface area contributed by atoms with Crippen molar-refractivity contribution in [2.45, 2.75) is 82.0 Å². The fraction of sp³-hybridized carbons (Fsp3) is 0.606. The Labute approximate surface area is 250 Å². The molecule has 8 heteroatoms. The van der Waals surface area contributed by atoms with E-state index in [2.05, 4.69) is 47.8 Å². The van der Waals surface area contributed by atoms with Crippen molar-refractivity contribution in [3.05, 3.63) is 61.2 Å². The lowest BCUT2D eigenvalue weighted by molar-refractivity contribution is -0.147. The van der Waals surface area contributed by atoms with Gasteiger partial charge in [-0.3, -0.25) is 14.4 Å². The van der Waals surface area contributed by atoms with Crippen molar-refractivity contribution < 1.29 is 19.5 Å². The number of β-amino-alcohol motifs (C(OH)–C–C–N with tert-alkyl or cyclic N) is 1. The predicted molar refractivity (Wildman–Crippen MR) is 165 cm³/mol. The van der Waals surface area contributed by atoms with Gasteiger partial charge in [0.25, 0.3) is 0 Å². The lowest BCUT2D eigenvalue weighted by Crippen LogP contribution is -2.60. The normalized spacial score (nSPS) is 27.1. The average Bonchev–Trinajstić information content (AvgIpc) is 3.53. The van der Waals surface area contributed by atoms with Crippen molar-refractivity contribution in [3.63, 3.8) is 0 Å². The summed E-state index contributed by atoms with van der Waals surface area (Å²) in [6.45, 7) is 19.4. The van der Waals surface area contributed by atoms with Gasteiger partial charge in [0.15, 0.2) is 0 Å². The second kappa shape index (κ2) is 12.0. The van der Waals surface area contributed by atoms with Crippen molar-refractivity contribution in [1.29, 1.82) is 0 Å². The highest BCUT2D eigenvalue weighted by Gasteiger charge is 2.74. The molecule has 2 unspecified atom stereocenters. The van der Waals surface area contributed by atoms with Crippen LogP contribution in [-0.4, -0.2) is 85.3 Å². The third kappa shape index (κ3) is 5.87. The van der Waals surface area contributed by atoms with Crippen LogP contribution in [0.4, 0.5) is 0 Å². The topological polar surface area (TPSA) is 81.2 Å². The molecule has 0 aromatic heterocycles. The van der Waals surface area contributed by atoms with Crippen LogP contribution in [0.3, 0.4) is 0 Å². The SMILES string of the molecule is C=CCN(Cc1ccccc1)C(=O)[C@@H]1[C@@H]2CCC3(S2)C(C(=O)N(CC=C)C(C)(C)CC(C)(C)C)N(CCO)C(=O)[C@H]13. The van der Waals surface area contributed by atoms with E-state index < -0.39 is 28.2 Å². The van der Waals surface area contributed by atoms with Crippen LogP contribution in [0.1, 0.15) is 59.4 Å². The van der Waals surface area contributed by atoms with Crippen molar-refractivity contribution in [2.75, 3.05) is 26.2 Å². The molecule has 3 aliphatic heterocycles. The van der Waals surface area contributed by atoms with Gasteiger partial charge in [0.2, 0.25) is 17.7 Å². The van der Waals surface area contributed by atoms with Crippen LogP contribution in [0.25, 0.3) is 0 Å². The number of rotatable bonds is 12. The predicted octanol–water partition coefficient (Wildman–Crippen LogP) is 4.51. The molecule has 1 aromatic rings. The van der Waals surface area contributed by atoms with E-state index in [9.17, 15) is 19.5 Å². The Balaban J connectivity index is 1.71. The third-order valence-electron chi connectivity index (χ3n) is 8.81. The van der Waals surface area contributed by atoms with Crippen LogP contribution >= 0.6 is 11.8 Å². The van der Waals surface area contributed by atoms with Crippen LogP contribution in [0.15, 0.2) is 55.6 Å². The number of likely N-dealkylation sites (tertiary alicyclic amines) is 1. The van der Waals surface area contributed by atoms with Crippen molar-refractivity contribution in [1.82, 2.24) is 14.7 Å². The third-order valence-corrected chi connectivity index (χ3v) is 10.8. The minimum absolute atomic E-state index is 0.0221. The van der Waals surface area contributed by atoms with Gasteiger partial charge < -0.3 is 19.8 Å². The van der Waals surface area contributed by atoms with E-state index in [-0.39, 0.29) is 41.5 Å². The number of hydrogen-bond acceptors (Lipinski definition) is 5. The molecular formula is C33H47N3O4S. The summed E-state index contributed by atoms with van der Waals surface area (Å²) < 4.78 is -0.696. The molecule has 224 valence electrons. The maximum absolute atomic E-state index is 14.7. The van der Waals surface area contributed by atoms with E-state index in [0.717, 1.165) is 18.4 Å². The zero-order valence-electron chi connectivity index (χ0n) is 25.3. The number of fused-ring (bicyclic) bond motifs is 1. The van der Waals surface area contributed by atoms with E-state index >= 15 is 0 Å².